The number of hydrogen-bond acceptors (Lipinski definition) is 20. The minimum absolute atomic E-state index is 0. The van der Waals surface area contributed by atoms with Gasteiger partial charge in [0.25, 0.3) is 0 Å². The SMILES string of the molecule is C.C.CCCc1noc2ccc3cc(O)ccc3c12.CCCc1noc2ccc3cc(Oc4ccc(F)cc4)ccc3c12.O=C1CCC(c2noc3ccc4cc(Oc5ccc(F)cc5)ccc4c23)C(=O)C1.O=C1CCC(c2noc3ccc4cc(Oc5ccc(F)cc5)ccc4c23)C(=O)C1.O=C=O.O=C=O.[CH3-].[W]. The number of halogens is 3. The Morgan fingerprint density at radius 2 is 0.688 bits per heavy atom. The van der Waals surface area contributed by atoms with Crippen LogP contribution in [-0.4, -0.2) is 61.2 Å². The summed E-state index contributed by atoms with van der Waals surface area (Å²) in [7, 11) is 0. The van der Waals surface area contributed by atoms with Gasteiger partial charge < -0.3 is 44.8 Å². The van der Waals surface area contributed by atoms with Crippen molar-refractivity contribution in [2.75, 3.05) is 0 Å². The van der Waals surface area contributed by atoms with Crippen LogP contribution in [0.2, 0.25) is 0 Å². The molecule has 17 rings (SSSR count). The largest absolute Gasteiger partial charge is 0.508 e. The molecule has 2 unspecified atom stereocenters. The zero-order valence-electron chi connectivity index (χ0n) is 57.6. The summed E-state index contributed by atoms with van der Waals surface area (Å²) in [6.45, 7) is 4.25. The quantitative estimate of drug-likeness (QED) is 0.0878. The Morgan fingerprint density at radius 1 is 0.404 bits per heavy atom. The molecule has 4 heterocycles. The van der Waals surface area contributed by atoms with Gasteiger partial charge >= 0.3 is 12.3 Å². The number of phenolic OH excluding ortho intramolecular Hbond substituents is 1. The summed E-state index contributed by atoms with van der Waals surface area (Å²) < 4.78 is 78.3. The Hall–Kier alpha value is -12.5. The maximum Gasteiger partial charge on any atom is 0.373 e. The van der Waals surface area contributed by atoms with Gasteiger partial charge in [-0.05, 0) is 239 Å². The van der Waals surface area contributed by atoms with E-state index in [-0.39, 0.29) is 115 Å². The molecule has 20 nitrogen and oxygen atoms in total. The summed E-state index contributed by atoms with van der Waals surface area (Å²) in [4.78, 5) is 80.5. The molecule has 2 atom stereocenters. The van der Waals surface area contributed by atoms with E-state index in [0.29, 0.717) is 82.7 Å². The van der Waals surface area contributed by atoms with E-state index < -0.39 is 11.8 Å². The Labute approximate surface area is 636 Å². The third-order valence-electron chi connectivity index (χ3n) is 17.6. The van der Waals surface area contributed by atoms with Crippen molar-refractivity contribution in [3.8, 4) is 40.2 Å². The first-order chi connectivity index (χ1) is 51.0. The van der Waals surface area contributed by atoms with Crippen molar-refractivity contribution in [1.29, 1.82) is 0 Å². The zero-order valence-corrected chi connectivity index (χ0v) is 60.5. The van der Waals surface area contributed by atoms with Crippen LogP contribution in [0.1, 0.15) is 115 Å². The number of aromatic nitrogens is 4. The van der Waals surface area contributed by atoms with E-state index in [2.05, 4.69) is 34.5 Å². The molecule has 0 radical (unpaired) electrons. The minimum atomic E-state index is -0.422. The Morgan fingerprint density at radius 3 is 1.01 bits per heavy atom. The van der Waals surface area contributed by atoms with Crippen molar-refractivity contribution in [3.05, 3.63) is 242 Å². The van der Waals surface area contributed by atoms with Crippen LogP contribution in [0.3, 0.4) is 0 Å². The molecule has 0 saturated heterocycles. The van der Waals surface area contributed by atoms with Gasteiger partial charge in [-0.3, -0.25) is 19.2 Å². The number of aromatic hydroxyl groups is 1. The number of fused-ring (bicyclic) bond motifs is 12. The van der Waals surface area contributed by atoms with E-state index >= 15 is 0 Å². The van der Waals surface area contributed by atoms with Crippen molar-refractivity contribution in [2.45, 2.75) is 105 Å². The second kappa shape index (κ2) is 37.6. The number of Topliss-reactive ketones (excluding diaryl/α,β-unsaturated/α-hetero) is 4. The van der Waals surface area contributed by atoms with Crippen LogP contribution < -0.4 is 14.2 Å². The van der Waals surface area contributed by atoms with Gasteiger partial charge in [0.05, 0.1) is 57.6 Å². The van der Waals surface area contributed by atoms with Gasteiger partial charge in [0.15, 0.2) is 22.3 Å². The van der Waals surface area contributed by atoms with E-state index in [1.807, 2.05) is 109 Å². The van der Waals surface area contributed by atoms with Gasteiger partial charge in [-0.1, -0.05) is 86.4 Å². The molecule has 556 valence electrons. The standard InChI is InChI=1S/2C23H16FNO4.C20H16FNO2.C14H13NO2.2CO2.2CH4.CH3.W/c2*24-14-2-5-16(6-3-14)28-17-7-9-18-13(11-17)1-10-21-22(18)23(25-29-21)19-8-4-15(26)12-20(19)27;1-2-3-18-20-17-10-9-16(23-15-7-5-14(21)6-8-15)12-13(17)4-11-19(20)24-22-18;1-2-3-12-14-11-6-5-10(16)8-9(11)4-7-13(14)17-15-12;2*2-1-3;;;;/h2*1-3,5-7,9-11,19H,4,8,12H2;4-12H,2-3H2,1H3;4-8,16H,2-3H2,1H3;;;2*1H4;1H3;/q;;;;;;;;-1;. The number of benzene rings is 11. The third-order valence-corrected chi connectivity index (χ3v) is 17.6. The molecule has 109 heavy (non-hydrogen) atoms. The van der Waals surface area contributed by atoms with Crippen LogP contribution in [0.15, 0.2) is 212 Å². The molecule has 24 heteroatoms. The summed E-state index contributed by atoms with van der Waals surface area (Å²) in [6.07, 6.45) is 5.95. The molecule has 0 spiro atoms. The average Bonchev–Trinajstić information content (AvgIpc) is 1.71. The number of ketones is 4. The van der Waals surface area contributed by atoms with Crippen molar-refractivity contribution < 1.29 is 110 Å². The normalized spacial score (nSPS) is 13.6. The number of rotatable bonds is 12. The first-order valence-electron chi connectivity index (χ1n) is 33.4. The van der Waals surface area contributed by atoms with Crippen LogP contribution in [-0.2, 0) is 72.3 Å². The van der Waals surface area contributed by atoms with Crippen molar-refractivity contribution in [2.24, 2.45) is 0 Å². The van der Waals surface area contributed by atoms with E-state index in [9.17, 15) is 37.5 Å². The number of carbonyl (C=O) groups is 4. The average molecular weight is 1650 g/mol. The molecule has 0 amide bonds. The molecular weight excluding hydrogens is 1570 g/mol. The molecule has 15 aromatic rings. The van der Waals surface area contributed by atoms with E-state index in [0.717, 1.165) is 113 Å². The maximum absolute atomic E-state index is 13.1. The van der Waals surface area contributed by atoms with Crippen molar-refractivity contribution >= 4 is 122 Å². The molecule has 2 aliphatic carbocycles. The molecule has 4 aromatic heterocycles. The number of hydrogen-bond donors (Lipinski definition) is 1. The second-order valence-corrected chi connectivity index (χ2v) is 24.6. The first-order valence-corrected chi connectivity index (χ1v) is 33.4. The molecule has 0 bridgehead atoms. The molecule has 2 fully saturated rings. The number of nitrogens with zero attached hydrogens (tertiary/aromatic N) is 4. The van der Waals surface area contributed by atoms with Gasteiger partial charge in [-0.15, -0.1) is 0 Å². The van der Waals surface area contributed by atoms with Gasteiger partial charge in [0, 0.05) is 33.9 Å². The number of carbonyl (C=O) groups excluding carboxylic acids is 8. The molecule has 2 saturated carbocycles. The summed E-state index contributed by atoms with van der Waals surface area (Å²) in [5.41, 5.74) is 5.99. The number of phenols is 1. The smallest absolute Gasteiger partial charge is 0.373 e. The number of aryl methyl sites for hydroxylation is 2. The zero-order chi connectivity index (χ0) is 73.7. The van der Waals surface area contributed by atoms with Crippen LogP contribution in [0.4, 0.5) is 13.2 Å². The van der Waals surface area contributed by atoms with E-state index in [4.69, 9.17) is 51.5 Å². The van der Waals surface area contributed by atoms with Gasteiger partial charge in [-0.25, -0.2) is 13.2 Å². The van der Waals surface area contributed by atoms with Crippen LogP contribution in [0, 0.1) is 24.9 Å². The molecule has 0 aliphatic heterocycles. The van der Waals surface area contributed by atoms with Crippen molar-refractivity contribution in [1.82, 2.24) is 20.6 Å². The molecular formula is C85H72F3N4O16W-. The summed E-state index contributed by atoms with van der Waals surface area (Å²) >= 11 is 0. The second-order valence-electron chi connectivity index (χ2n) is 24.6. The Kier molecular flexibility index (Phi) is 28.3. The first kappa shape index (κ1) is 82.1. The summed E-state index contributed by atoms with van der Waals surface area (Å²) in [5, 5.41) is 37.7. The molecule has 2 aliphatic rings. The van der Waals surface area contributed by atoms with Gasteiger partial charge in [0.1, 0.15) is 92.2 Å². The summed E-state index contributed by atoms with van der Waals surface area (Å²) in [5.74, 6) is 1.87. The van der Waals surface area contributed by atoms with Crippen molar-refractivity contribution in [3.63, 3.8) is 0 Å². The molecule has 11 aromatic carbocycles. The maximum atomic E-state index is 13.1. The Balaban J connectivity index is 0.000000179. The monoisotopic (exact) mass is 1650 g/mol. The van der Waals surface area contributed by atoms with Gasteiger partial charge in [-0.2, -0.15) is 19.2 Å². The topological polar surface area (TPSA) is 289 Å². The predicted molar refractivity (Wildman–Crippen MR) is 398 cm³/mol. The fourth-order valence-electron chi connectivity index (χ4n) is 12.9. The minimum Gasteiger partial charge on any atom is -0.508 e. The summed E-state index contributed by atoms with van der Waals surface area (Å²) in [6, 6.07) is 55.3. The Bertz CT molecular complexity index is 5600. The number of ether oxygens (including phenoxy) is 3. The van der Waals surface area contributed by atoms with E-state index in [1.165, 1.54) is 36.4 Å². The molecule has 1 N–H and O–H groups in total. The van der Waals surface area contributed by atoms with Gasteiger partial charge in [0.2, 0.25) is 0 Å². The fourth-order valence-corrected chi connectivity index (χ4v) is 12.9. The van der Waals surface area contributed by atoms with E-state index in [1.54, 1.807) is 48.5 Å². The third kappa shape index (κ3) is 19.0. The fraction of sp³-hybridized carbons (Fsp3) is 0.188. The predicted octanol–water partition coefficient (Wildman–Crippen LogP) is 20.7. The van der Waals surface area contributed by atoms with Crippen LogP contribution >= 0.6 is 0 Å². The van der Waals surface area contributed by atoms with Crippen LogP contribution in [0.25, 0.3) is 87.0 Å². The van der Waals surface area contributed by atoms with Crippen LogP contribution in [0.5, 0.6) is 40.2 Å².